The quantitative estimate of drug-likeness (QED) is 0.266. The smallest absolute Gasteiger partial charge is 0.162 e. The zero-order valence-corrected chi connectivity index (χ0v) is 18.4. The van der Waals surface area contributed by atoms with Gasteiger partial charge in [-0.05, 0) is 47.4 Å². The van der Waals surface area contributed by atoms with Gasteiger partial charge in [0.15, 0.2) is 5.78 Å². The third-order valence-electron chi connectivity index (χ3n) is 4.77. The van der Waals surface area contributed by atoms with Crippen LogP contribution in [0.5, 0.6) is 0 Å². The van der Waals surface area contributed by atoms with E-state index in [4.69, 9.17) is 0 Å². The normalized spacial score (nSPS) is 11.1. The number of carbonyl (C=O) groups excluding carboxylic acids is 1. The fraction of sp³-hybridized carbons (Fsp3) is 0.280. The second-order valence-corrected chi connectivity index (χ2v) is 9.16. The summed E-state index contributed by atoms with van der Waals surface area (Å²) in [5.74, 6) is 0.867. The largest absolute Gasteiger partial charge is 0.294 e. The molecule has 1 aromatic carbocycles. The number of rotatable bonds is 7. The summed E-state index contributed by atoms with van der Waals surface area (Å²) in [6.07, 6.45) is 2.93. The van der Waals surface area contributed by atoms with Crippen LogP contribution in [0.1, 0.15) is 55.1 Å². The molecule has 0 atom stereocenters. The Morgan fingerprint density at radius 3 is 2.43 bits per heavy atom. The Balaban J connectivity index is 1.58. The van der Waals surface area contributed by atoms with Gasteiger partial charge in [0.25, 0.3) is 0 Å². The molecule has 0 aliphatic rings. The summed E-state index contributed by atoms with van der Waals surface area (Å²) in [5.41, 5.74) is 4.11. The van der Waals surface area contributed by atoms with Gasteiger partial charge in [0.2, 0.25) is 0 Å². The average molecular weight is 416 g/mol. The fourth-order valence-electron chi connectivity index (χ4n) is 2.99. The van der Waals surface area contributed by atoms with Crippen molar-refractivity contribution in [1.82, 2.24) is 9.97 Å². The molecule has 30 heavy (non-hydrogen) atoms. The molecule has 0 aliphatic carbocycles. The summed E-state index contributed by atoms with van der Waals surface area (Å²) in [6.45, 7) is 6.48. The molecular formula is C25H25N3OS. The van der Waals surface area contributed by atoms with Gasteiger partial charge < -0.3 is 0 Å². The highest BCUT2D eigenvalue weighted by Crippen LogP contribution is 2.26. The maximum absolute atomic E-state index is 12.5. The van der Waals surface area contributed by atoms with Gasteiger partial charge in [-0.1, -0.05) is 51.1 Å². The van der Waals surface area contributed by atoms with Crippen LogP contribution in [0.2, 0.25) is 0 Å². The van der Waals surface area contributed by atoms with E-state index >= 15 is 0 Å². The molecule has 0 aliphatic heterocycles. The Morgan fingerprint density at radius 1 is 1.03 bits per heavy atom. The molecule has 0 saturated carbocycles. The molecular weight excluding hydrogens is 390 g/mol. The molecule has 2 aromatic heterocycles. The molecule has 0 unspecified atom stereocenters. The van der Waals surface area contributed by atoms with Gasteiger partial charge >= 0.3 is 0 Å². The van der Waals surface area contributed by atoms with Crippen molar-refractivity contribution in [3.8, 4) is 17.5 Å². The number of hydrogen-bond donors (Lipinski definition) is 0. The zero-order chi connectivity index (χ0) is 21.6. The van der Waals surface area contributed by atoms with Crippen molar-refractivity contribution in [3.05, 3.63) is 77.5 Å². The van der Waals surface area contributed by atoms with E-state index in [1.54, 1.807) is 12.3 Å². The van der Waals surface area contributed by atoms with Crippen LogP contribution in [0, 0.1) is 11.3 Å². The van der Waals surface area contributed by atoms with Crippen molar-refractivity contribution in [2.75, 3.05) is 5.75 Å². The first-order valence-electron chi connectivity index (χ1n) is 9.97. The molecule has 2 heterocycles. The van der Waals surface area contributed by atoms with Gasteiger partial charge in [-0.15, -0.1) is 11.8 Å². The number of aromatic nitrogens is 2. The van der Waals surface area contributed by atoms with Crippen LogP contribution in [-0.2, 0) is 5.41 Å². The van der Waals surface area contributed by atoms with Gasteiger partial charge in [-0.25, -0.2) is 4.98 Å². The number of Topliss-reactive ketones (excluding diaryl/α,β-unsaturated/α-hetero) is 1. The molecule has 0 amide bonds. The minimum absolute atomic E-state index is 0.0769. The summed E-state index contributed by atoms with van der Waals surface area (Å²) in [5, 5.41) is 10.1. The number of nitrogens with zero attached hydrogens (tertiary/aromatic N) is 3. The van der Waals surface area contributed by atoms with Crippen LogP contribution in [0.25, 0.3) is 11.4 Å². The Labute approximate surface area is 182 Å². The van der Waals surface area contributed by atoms with Crippen LogP contribution in [0.4, 0.5) is 0 Å². The molecule has 3 rings (SSSR count). The van der Waals surface area contributed by atoms with Crippen LogP contribution >= 0.6 is 11.8 Å². The molecule has 5 heteroatoms. The molecule has 152 valence electrons. The number of nitriles is 1. The summed E-state index contributed by atoms with van der Waals surface area (Å²) in [7, 11) is 0. The molecule has 0 saturated heterocycles. The Bertz CT molecular complexity index is 1050. The molecule has 4 nitrogen and oxygen atoms in total. The molecule has 0 radical (unpaired) electrons. The second kappa shape index (κ2) is 9.69. The third kappa shape index (κ3) is 5.55. The van der Waals surface area contributed by atoms with Gasteiger partial charge in [0.1, 0.15) is 11.1 Å². The van der Waals surface area contributed by atoms with Crippen LogP contribution in [0.15, 0.2) is 65.8 Å². The lowest BCUT2D eigenvalue weighted by Crippen LogP contribution is -2.11. The summed E-state index contributed by atoms with van der Waals surface area (Å²) < 4.78 is 0. The van der Waals surface area contributed by atoms with Gasteiger partial charge in [0.05, 0.1) is 17.0 Å². The van der Waals surface area contributed by atoms with Crippen molar-refractivity contribution in [1.29, 1.82) is 5.26 Å². The van der Waals surface area contributed by atoms with E-state index in [2.05, 4.69) is 36.8 Å². The zero-order valence-electron chi connectivity index (χ0n) is 17.6. The minimum atomic E-state index is 0.0769. The molecule has 3 aromatic rings. The Hall–Kier alpha value is -2.97. The van der Waals surface area contributed by atoms with Crippen LogP contribution < -0.4 is 0 Å². The van der Waals surface area contributed by atoms with Crippen molar-refractivity contribution in [3.63, 3.8) is 0 Å². The molecule has 0 bridgehead atoms. The topological polar surface area (TPSA) is 66.6 Å². The summed E-state index contributed by atoms with van der Waals surface area (Å²) in [4.78, 5) is 21.4. The van der Waals surface area contributed by atoms with Crippen molar-refractivity contribution in [2.45, 2.75) is 44.1 Å². The van der Waals surface area contributed by atoms with Crippen molar-refractivity contribution >= 4 is 17.5 Å². The molecule has 0 N–H and O–H groups in total. The minimum Gasteiger partial charge on any atom is -0.294 e. The number of carbonyl (C=O) groups is 1. The van der Waals surface area contributed by atoms with Gasteiger partial charge in [-0.2, -0.15) is 5.26 Å². The Kier molecular flexibility index (Phi) is 7.02. The first-order chi connectivity index (χ1) is 14.4. The lowest BCUT2D eigenvalue weighted by Gasteiger charge is -2.18. The number of pyridine rings is 2. The highest BCUT2D eigenvalue weighted by Gasteiger charge is 2.14. The second-order valence-electron chi connectivity index (χ2n) is 8.08. The monoisotopic (exact) mass is 415 g/mol. The lowest BCUT2D eigenvalue weighted by molar-refractivity contribution is 0.0982. The summed E-state index contributed by atoms with van der Waals surface area (Å²) in [6, 6.07) is 19.4. The van der Waals surface area contributed by atoms with E-state index in [1.165, 1.54) is 17.3 Å². The number of ketones is 1. The van der Waals surface area contributed by atoms with Crippen LogP contribution in [0.3, 0.4) is 0 Å². The highest BCUT2D eigenvalue weighted by atomic mass is 32.2. The van der Waals surface area contributed by atoms with Crippen LogP contribution in [-0.4, -0.2) is 21.5 Å². The SMILES string of the molecule is CC(C)(C)c1ccc(C(=O)CCCSc2nc(-c3ccccn3)ccc2C#N)cc1. The van der Waals surface area contributed by atoms with E-state index in [9.17, 15) is 10.1 Å². The van der Waals surface area contributed by atoms with Crippen molar-refractivity contribution in [2.24, 2.45) is 0 Å². The maximum atomic E-state index is 12.5. The predicted octanol–water partition coefficient (Wildman–Crippen LogP) is 6.07. The Morgan fingerprint density at radius 2 is 1.80 bits per heavy atom. The van der Waals surface area contributed by atoms with E-state index < -0.39 is 0 Å². The van der Waals surface area contributed by atoms with Crippen molar-refractivity contribution < 1.29 is 4.79 Å². The number of thioether (sulfide) groups is 1. The lowest BCUT2D eigenvalue weighted by atomic mass is 9.86. The average Bonchev–Trinajstić information content (AvgIpc) is 2.76. The van der Waals surface area contributed by atoms with E-state index in [0.29, 0.717) is 17.0 Å². The highest BCUT2D eigenvalue weighted by molar-refractivity contribution is 7.99. The fourth-order valence-corrected chi connectivity index (χ4v) is 3.91. The van der Waals surface area contributed by atoms with E-state index in [1.807, 2.05) is 48.5 Å². The maximum Gasteiger partial charge on any atom is 0.162 e. The third-order valence-corrected chi connectivity index (χ3v) is 5.85. The first-order valence-corrected chi connectivity index (χ1v) is 11.0. The molecule has 0 spiro atoms. The van der Waals surface area contributed by atoms with E-state index in [-0.39, 0.29) is 11.2 Å². The number of hydrogen-bond acceptors (Lipinski definition) is 5. The van der Waals surface area contributed by atoms with Gasteiger partial charge in [-0.3, -0.25) is 9.78 Å². The summed E-state index contributed by atoms with van der Waals surface area (Å²) >= 11 is 1.51. The van der Waals surface area contributed by atoms with Gasteiger partial charge in [0, 0.05) is 18.2 Å². The predicted molar refractivity (Wildman–Crippen MR) is 122 cm³/mol. The molecule has 0 fully saturated rings. The number of benzene rings is 1. The standard InChI is InChI=1S/C25H25N3OS/c1-25(2,3)20-12-9-18(10-13-20)23(29)8-6-16-30-24-19(17-26)11-14-22(28-24)21-7-4-5-15-27-21/h4-5,7,9-15H,6,8,16H2,1-3H3. The first kappa shape index (κ1) is 21.7. The van der Waals surface area contributed by atoms with E-state index in [0.717, 1.165) is 29.1 Å².